The maximum Gasteiger partial charge on any atom is 0.446 e. The van der Waals surface area contributed by atoms with Crippen molar-refractivity contribution in [3.05, 3.63) is 40.2 Å². The van der Waals surface area contributed by atoms with E-state index in [0.29, 0.717) is 0 Å². The Labute approximate surface area is 113 Å². The summed E-state index contributed by atoms with van der Waals surface area (Å²) in [5.41, 5.74) is -3.44. The molecule has 0 saturated heterocycles. The van der Waals surface area contributed by atoms with Crippen LogP contribution in [-0.2, 0) is 0 Å². The first-order chi connectivity index (χ1) is 7.94. The second-order valence-corrected chi connectivity index (χ2v) is 6.78. The van der Waals surface area contributed by atoms with Gasteiger partial charge in [-0.2, -0.15) is 13.2 Å². The molecule has 0 saturated carbocycles. The molecule has 0 aliphatic heterocycles. The van der Waals surface area contributed by atoms with Crippen LogP contribution in [-0.4, -0.2) is 5.51 Å². The van der Waals surface area contributed by atoms with Gasteiger partial charge in [0.1, 0.15) is 0 Å². The third-order valence-electron chi connectivity index (χ3n) is 1.93. The quantitative estimate of drug-likeness (QED) is 0.624. The third-order valence-corrected chi connectivity index (χ3v) is 4.32. The van der Waals surface area contributed by atoms with Crippen molar-refractivity contribution in [1.82, 2.24) is 0 Å². The summed E-state index contributed by atoms with van der Waals surface area (Å²) in [4.78, 5) is 1.15. The van der Waals surface area contributed by atoms with E-state index in [4.69, 9.17) is 0 Å². The minimum absolute atomic E-state index is 0.0907. The molecule has 0 fully saturated rings. The summed E-state index contributed by atoms with van der Waals surface area (Å²) in [6.07, 6.45) is 0. The van der Waals surface area contributed by atoms with Crippen LogP contribution in [0.2, 0.25) is 0 Å². The minimum atomic E-state index is -4.24. The van der Waals surface area contributed by atoms with Gasteiger partial charge < -0.3 is 0 Å². The van der Waals surface area contributed by atoms with Crippen LogP contribution in [0.15, 0.2) is 45.1 Å². The Morgan fingerprint density at radius 2 is 1.88 bits per heavy atom. The molecule has 2 rings (SSSR count). The lowest BCUT2D eigenvalue weighted by molar-refractivity contribution is -0.0328. The highest BCUT2D eigenvalue weighted by Gasteiger charge is 2.29. The molecule has 0 bridgehead atoms. The average molecular weight is 339 g/mol. The Hall–Kier alpha value is -0.460. The first-order valence-corrected chi connectivity index (χ1v) is 6.98. The van der Waals surface area contributed by atoms with Crippen molar-refractivity contribution >= 4 is 39.0 Å². The van der Waals surface area contributed by atoms with Gasteiger partial charge in [-0.05, 0) is 57.5 Å². The van der Waals surface area contributed by atoms with E-state index in [2.05, 4.69) is 15.9 Å². The van der Waals surface area contributed by atoms with Crippen LogP contribution < -0.4 is 0 Å². The van der Waals surface area contributed by atoms with Crippen molar-refractivity contribution in [2.24, 2.45) is 0 Å². The Balaban J connectivity index is 2.29. The molecule has 0 amide bonds. The number of hydrogen-bond donors (Lipinski definition) is 0. The molecule has 0 aliphatic carbocycles. The van der Waals surface area contributed by atoms with E-state index in [1.165, 1.54) is 17.4 Å². The van der Waals surface area contributed by atoms with Crippen molar-refractivity contribution < 1.29 is 13.2 Å². The molecule has 0 unspecified atom stereocenters. The molecule has 1 heterocycles. The van der Waals surface area contributed by atoms with Crippen LogP contribution in [0.4, 0.5) is 13.2 Å². The van der Waals surface area contributed by atoms with Gasteiger partial charge in [-0.1, -0.05) is 12.1 Å². The molecule has 0 radical (unpaired) electrons. The molecule has 6 heteroatoms. The van der Waals surface area contributed by atoms with Gasteiger partial charge in [0.25, 0.3) is 0 Å². The fraction of sp³-hybridized carbons (Fsp3) is 0.0909. The normalized spacial score (nSPS) is 11.8. The Morgan fingerprint density at radius 3 is 2.47 bits per heavy atom. The fourth-order valence-electron chi connectivity index (χ4n) is 1.32. The lowest BCUT2D eigenvalue weighted by Gasteiger charge is -2.06. The van der Waals surface area contributed by atoms with Gasteiger partial charge in [-0.15, -0.1) is 11.3 Å². The van der Waals surface area contributed by atoms with Gasteiger partial charge in [0.2, 0.25) is 0 Å². The van der Waals surface area contributed by atoms with E-state index in [0.717, 1.165) is 14.2 Å². The molecule has 0 N–H and O–H groups in total. The summed E-state index contributed by atoms with van der Waals surface area (Å²) in [7, 11) is 0. The molecule has 17 heavy (non-hydrogen) atoms. The number of thioether (sulfide) groups is 1. The molecular weight excluding hydrogens is 333 g/mol. The van der Waals surface area contributed by atoms with Gasteiger partial charge >= 0.3 is 5.51 Å². The zero-order valence-corrected chi connectivity index (χ0v) is 11.5. The lowest BCUT2D eigenvalue weighted by Crippen LogP contribution is -1.98. The second-order valence-electron chi connectivity index (χ2n) is 3.18. The molecule has 0 aliphatic rings. The summed E-state index contributed by atoms with van der Waals surface area (Å²) >= 11 is 4.73. The summed E-state index contributed by atoms with van der Waals surface area (Å²) in [6, 6.07) is 10.2. The van der Waals surface area contributed by atoms with Crippen LogP contribution in [0, 0.1) is 0 Å². The van der Waals surface area contributed by atoms with Crippen LogP contribution in [0.1, 0.15) is 0 Å². The van der Waals surface area contributed by atoms with Crippen LogP contribution in [0.3, 0.4) is 0 Å². The highest BCUT2D eigenvalue weighted by atomic mass is 79.9. The van der Waals surface area contributed by atoms with E-state index in [9.17, 15) is 13.2 Å². The maximum atomic E-state index is 12.2. The van der Waals surface area contributed by atoms with Crippen LogP contribution in [0.25, 0.3) is 10.4 Å². The van der Waals surface area contributed by atoms with Crippen LogP contribution in [0.5, 0.6) is 0 Å². The molecule has 0 atom stereocenters. The molecule has 0 nitrogen and oxygen atoms in total. The zero-order valence-electron chi connectivity index (χ0n) is 8.29. The average Bonchev–Trinajstić information content (AvgIpc) is 2.63. The number of hydrogen-bond acceptors (Lipinski definition) is 2. The summed E-state index contributed by atoms with van der Waals surface area (Å²) < 4.78 is 37.7. The number of halogens is 4. The van der Waals surface area contributed by atoms with E-state index in [1.807, 2.05) is 12.1 Å². The highest BCUT2D eigenvalue weighted by Crippen LogP contribution is 2.39. The monoisotopic (exact) mass is 338 g/mol. The Bertz CT molecular complexity index is 519. The van der Waals surface area contributed by atoms with Gasteiger partial charge in [0.05, 0.1) is 3.79 Å². The topological polar surface area (TPSA) is 0 Å². The predicted molar refractivity (Wildman–Crippen MR) is 69.4 cm³/mol. The van der Waals surface area contributed by atoms with E-state index >= 15 is 0 Å². The third kappa shape index (κ3) is 3.76. The van der Waals surface area contributed by atoms with Crippen molar-refractivity contribution in [1.29, 1.82) is 0 Å². The number of thiophene rings is 1. The molecular formula is C11H6BrF3S2. The second kappa shape index (κ2) is 5.04. The number of rotatable bonds is 2. The molecule has 1 aromatic carbocycles. The van der Waals surface area contributed by atoms with Gasteiger partial charge in [0.15, 0.2) is 0 Å². The molecule has 1 aromatic heterocycles. The SMILES string of the molecule is FC(F)(F)Sc1cccc(-c2ccc(Br)s2)c1. The summed E-state index contributed by atoms with van der Waals surface area (Å²) in [5.74, 6) is 0. The first-order valence-electron chi connectivity index (χ1n) is 4.55. The minimum Gasteiger partial charge on any atom is -0.160 e. The smallest absolute Gasteiger partial charge is 0.160 e. The van der Waals surface area contributed by atoms with Crippen molar-refractivity contribution in [2.45, 2.75) is 10.4 Å². The van der Waals surface area contributed by atoms with E-state index < -0.39 is 5.51 Å². The van der Waals surface area contributed by atoms with Gasteiger partial charge in [-0.3, -0.25) is 0 Å². The summed E-state index contributed by atoms with van der Waals surface area (Å²) in [5, 5.41) is 0. The van der Waals surface area contributed by atoms with Crippen molar-refractivity contribution in [2.75, 3.05) is 0 Å². The first kappa shape index (κ1) is 13.0. The van der Waals surface area contributed by atoms with E-state index in [1.54, 1.807) is 18.2 Å². The van der Waals surface area contributed by atoms with Gasteiger partial charge in [0, 0.05) is 9.77 Å². The van der Waals surface area contributed by atoms with Gasteiger partial charge in [-0.25, -0.2) is 0 Å². The fourth-order valence-corrected chi connectivity index (χ4v) is 3.30. The Morgan fingerprint density at radius 1 is 1.12 bits per heavy atom. The zero-order chi connectivity index (χ0) is 12.5. The van der Waals surface area contributed by atoms with Crippen molar-refractivity contribution in [3.8, 4) is 10.4 Å². The molecule has 2 aromatic rings. The Kier molecular flexibility index (Phi) is 3.85. The van der Waals surface area contributed by atoms with Crippen LogP contribution >= 0.6 is 39.0 Å². The number of benzene rings is 1. The highest BCUT2D eigenvalue weighted by molar-refractivity contribution is 9.11. The number of alkyl halides is 3. The molecule has 90 valence electrons. The standard InChI is InChI=1S/C11H6BrF3S2/c12-10-5-4-9(16-10)7-2-1-3-8(6-7)17-11(13,14)15/h1-6H. The summed E-state index contributed by atoms with van der Waals surface area (Å²) in [6.45, 7) is 0. The maximum absolute atomic E-state index is 12.2. The lowest BCUT2D eigenvalue weighted by atomic mass is 10.2. The largest absolute Gasteiger partial charge is 0.446 e. The van der Waals surface area contributed by atoms with Crippen molar-refractivity contribution in [3.63, 3.8) is 0 Å². The molecule has 0 spiro atoms. The van der Waals surface area contributed by atoms with E-state index in [-0.39, 0.29) is 16.7 Å². The predicted octanol–water partition coefficient (Wildman–Crippen LogP) is 5.79.